The normalized spacial score (nSPS) is 19.4. The van der Waals surface area contributed by atoms with Crippen molar-refractivity contribution in [2.45, 2.75) is 25.8 Å². The molecule has 1 rings (SSSR count). The van der Waals surface area contributed by atoms with E-state index in [1.165, 1.54) is 12.8 Å². The molecule has 0 bridgehead atoms. The summed E-state index contributed by atoms with van der Waals surface area (Å²) in [5.74, 6) is 0.872. The van der Waals surface area contributed by atoms with Crippen LogP contribution >= 0.6 is 0 Å². The van der Waals surface area contributed by atoms with Crippen LogP contribution in [-0.4, -0.2) is 44.3 Å². The molecule has 1 unspecified atom stereocenters. The van der Waals surface area contributed by atoms with Gasteiger partial charge in [0.1, 0.15) is 0 Å². The Kier molecular flexibility index (Phi) is 4.70. The molecule has 0 amide bonds. The van der Waals surface area contributed by atoms with Gasteiger partial charge in [0.05, 0.1) is 6.61 Å². The van der Waals surface area contributed by atoms with Gasteiger partial charge in [-0.1, -0.05) is 0 Å². The Morgan fingerprint density at radius 3 is 2.77 bits per heavy atom. The highest BCUT2D eigenvalue weighted by atomic mass is 16.5. The molecule has 78 valence electrons. The molecular weight excluding hydrogens is 164 g/mol. The number of hydrogen-bond donors (Lipinski definition) is 1. The Labute approximate surface area is 81.2 Å². The van der Waals surface area contributed by atoms with Gasteiger partial charge in [-0.3, -0.25) is 0 Å². The first kappa shape index (κ1) is 11.0. The summed E-state index contributed by atoms with van der Waals surface area (Å²) >= 11 is 0. The lowest BCUT2D eigenvalue weighted by atomic mass is 10.3. The number of likely N-dealkylation sites (N-methyl/N-ethyl adjacent to an activating group) is 1. The summed E-state index contributed by atoms with van der Waals surface area (Å²) in [6.07, 6.45) is 2.74. The zero-order valence-corrected chi connectivity index (χ0v) is 8.83. The maximum absolute atomic E-state index is 5.55. The third kappa shape index (κ3) is 4.60. The van der Waals surface area contributed by atoms with Gasteiger partial charge in [0.15, 0.2) is 0 Å². The van der Waals surface area contributed by atoms with Crippen LogP contribution in [0.3, 0.4) is 0 Å². The average molecular weight is 186 g/mol. The van der Waals surface area contributed by atoms with Crippen LogP contribution in [0.4, 0.5) is 0 Å². The lowest BCUT2D eigenvalue weighted by Crippen LogP contribution is -2.37. The fourth-order valence-electron chi connectivity index (χ4n) is 1.14. The fraction of sp³-hybridized carbons (Fsp3) is 1.00. The second-order valence-electron chi connectivity index (χ2n) is 4.08. The Balaban J connectivity index is 1.90. The van der Waals surface area contributed by atoms with Crippen LogP contribution in [0.25, 0.3) is 0 Å². The van der Waals surface area contributed by atoms with Gasteiger partial charge < -0.3 is 15.4 Å². The molecule has 13 heavy (non-hydrogen) atoms. The van der Waals surface area contributed by atoms with Crippen LogP contribution in [0.5, 0.6) is 0 Å². The van der Waals surface area contributed by atoms with E-state index in [-0.39, 0.29) is 0 Å². The Hall–Kier alpha value is -0.120. The molecule has 0 aromatic heterocycles. The minimum absolute atomic E-state index is 0.463. The summed E-state index contributed by atoms with van der Waals surface area (Å²) in [6.45, 7) is 5.66. The SMILES string of the molecule is CC(CN)N(C)CCOCC1CC1. The number of rotatable bonds is 7. The highest BCUT2D eigenvalue weighted by Gasteiger charge is 2.21. The third-order valence-electron chi connectivity index (χ3n) is 2.73. The Morgan fingerprint density at radius 2 is 2.23 bits per heavy atom. The molecular formula is C10H22N2O. The second-order valence-corrected chi connectivity index (χ2v) is 4.08. The number of ether oxygens (including phenoxy) is 1. The average Bonchev–Trinajstić information content (AvgIpc) is 2.94. The quantitative estimate of drug-likeness (QED) is 0.595. The first-order chi connectivity index (χ1) is 6.24. The van der Waals surface area contributed by atoms with Gasteiger partial charge in [-0.2, -0.15) is 0 Å². The van der Waals surface area contributed by atoms with Gasteiger partial charge in [0.2, 0.25) is 0 Å². The molecule has 2 N–H and O–H groups in total. The molecule has 0 radical (unpaired) electrons. The summed E-state index contributed by atoms with van der Waals surface area (Å²) in [5, 5.41) is 0. The predicted octanol–water partition coefficient (Wildman–Crippen LogP) is 0.692. The Morgan fingerprint density at radius 1 is 1.54 bits per heavy atom. The highest BCUT2D eigenvalue weighted by Crippen LogP contribution is 2.28. The molecule has 1 aliphatic carbocycles. The van der Waals surface area contributed by atoms with E-state index < -0.39 is 0 Å². The van der Waals surface area contributed by atoms with Gasteiger partial charge >= 0.3 is 0 Å². The van der Waals surface area contributed by atoms with Crippen molar-refractivity contribution in [1.29, 1.82) is 0 Å². The number of hydrogen-bond acceptors (Lipinski definition) is 3. The maximum atomic E-state index is 5.55. The topological polar surface area (TPSA) is 38.5 Å². The van der Waals surface area contributed by atoms with Crippen LogP contribution in [0.15, 0.2) is 0 Å². The van der Waals surface area contributed by atoms with Crippen molar-refractivity contribution in [3.05, 3.63) is 0 Å². The van der Waals surface area contributed by atoms with E-state index in [1.54, 1.807) is 0 Å². The smallest absolute Gasteiger partial charge is 0.0593 e. The molecule has 1 saturated carbocycles. The molecule has 1 fully saturated rings. The zero-order valence-electron chi connectivity index (χ0n) is 8.83. The van der Waals surface area contributed by atoms with E-state index in [1.807, 2.05) is 0 Å². The molecule has 0 heterocycles. The van der Waals surface area contributed by atoms with Crippen molar-refractivity contribution in [3.63, 3.8) is 0 Å². The molecule has 0 aromatic carbocycles. The van der Waals surface area contributed by atoms with Gasteiger partial charge in [0.25, 0.3) is 0 Å². The molecule has 0 saturated heterocycles. The molecule has 3 nitrogen and oxygen atoms in total. The molecule has 0 spiro atoms. The van der Waals surface area contributed by atoms with Crippen molar-refractivity contribution < 1.29 is 4.74 Å². The maximum Gasteiger partial charge on any atom is 0.0593 e. The summed E-state index contributed by atoms with van der Waals surface area (Å²) in [4.78, 5) is 2.24. The monoisotopic (exact) mass is 186 g/mol. The lowest BCUT2D eigenvalue weighted by molar-refractivity contribution is 0.0946. The minimum atomic E-state index is 0.463. The number of nitrogens with two attached hydrogens (primary N) is 1. The van der Waals surface area contributed by atoms with E-state index in [9.17, 15) is 0 Å². The van der Waals surface area contributed by atoms with Gasteiger partial charge in [-0.05, 0) is 32.7 Å². The summed E-state index contributed by atoms with van der Waals surface area (Å²) in [6, 6.07) is 0.463. The summed E-state index contributed by atoms with van der Waals surface area (Å²) < 4.78 is 5.54. The summed E-state index contributed by atoms with van der Waals surface area (Å²) in [7, 11) is 2.10. The van der Waals surface area contributed by atoms with Crippen molar-refractivity contribution >= 4 is 0 Å². The van der Waals surface area contributed by atoms with Crippen LogP contribution in [-0.2, 0) is 4.74 Å². The lowest BCUT2D eigenvalue weighted by Gasteiger charge is -2.22. The van der Waals surface area contributed by atoms with Crippen LogP contribution in [0.2, 0.25) is 0 Å². The van der Waals surface area contributed by atoms with Crippen molar-refractivity contribution in [2.75, 3.05) is 33.4 Å². The first-order valence-electron chi connectivity index (χ1n) is 5.22. The predicted molar refractivity (Wildman–Crippen MR) is 54.7 cm³/mol. The van der Waals surface area contributed by atoms with Crippen molar-refractivity contribution in [1.82, 2.24) is 4.90 Å². The van der Waals surface area contributed by atoms with Gasteiger partial charge in [-0.15, -0.1) is 0 Å². The third-order valence-corrected chi connectivity index (χ3v) is 2.73. The Bertz CT molecular complexity index is 137. The van der Waals surface area contributed by atoms with Crippen molar-refractivity contribution in [2.24, 2.45) is 11.7 Å². The van der Waals surface area contributed by atoms with Crippen LogP contribution < -0.4 is 5.73 Å². The molecule has 1 atom stereocenters. The molecule has 0 aromatic rings. The van der Waals surface area contributed by atoms with Gasteiger partial charge in [-0.25, -0.2) is 0 Å². The summed E-state index contributed by atoms with van der Waals surface area (Å²) in [5.41, 5.74) is 5.55. The van der Waals surface area contributed by atoms with E-state index >= 15 is 0 Å². The van der Waals surface area contributed by atoms with Crippen LogP contribution in [0, 0.1) is 5.92 Å². The largest absolute Gasteiger partial charge is 0.380 e. The first-order valence-corrected chi connectivity index (χ1v) is 5.22. The van der Waals surface area contributed by atoms with E-state index in [4.69, 9.17) is 10.5 Å². The second kappa shape index (κ2) is 5.58. The minimum Gasteiger partial charge on any atom is -0.380 e. The van der Waals surface area contributed by atoms with E-state index in [0.717, 1.165) is 32.2 Å². The molecule has 1 aliphatic rings. The standard InChI is InChI=1S/C10H22N2O/c1-9(7-11)12(2)5-6-13-8-10-3-4-10/h9-10H,3-8,11H2,1-2H3. The van der Waals surface area contributed by atoms with Crippen molar-refractivity contribution in [3.8, 4) is 0 Å². The van der Waals surface area contributed by atoms with Gasteiger partial charge in [0, 0.05) is 25.7 Å². The zero-order chi connectivity index (χ0) is 9.68. The molecule has 0 aliphatic heterocycles. The fourth-order valence-corrected chi connectivity index (χ4v) is 1.14. The molecule has 3 heteroatoms. The van der Waals surface area contributed by atoms with E-state index in [0.29, 0.717) is 6.04 Å². The number of nitrogens with zero attached hydrogens (tertiary/aromatic N) is 1. The van der Waals surface area contributed by atoms with Crippen LogP contribution in [0.1, 0.15) is 19.8 Å². The highest BCUT2D eigenvalue weighted by molar-refractivity contribution is 4.72. The van der Waals surface area contributed by atoms with E-state index in [2.05, 4.69) is 18.9 Å².